The zero-order valence-corrected chi connectivity index (χ0v) is 12.7. The summed E-state index contributed by atoms with van der Waals surface area (Å²) in [6, 6.07) is 11.4. The predicted molar refractivity (Wildman–Crippen MR) is 84.5 cm³/mol. The summed E-state index contributed by atoms with van der Waals surface area (Å²) in [5, 5.41) is 7.16. The summed E-state index contributed by atoms with van der Waals surface area (Å²) in [5.74, 6) is -0.188. The number of aromatic nitrogens is 2. The Morgan fingerprint density at radius 3 is 2.64 bits per heavy atom. The summed E-state index contributed by atoms with van der Waals surface area (Å²) in [5.41, 5.74) is 1.61. The van der Waals surface area contributed by atoms with Gasteiger partial charge in [0, 0.05) is 11.6 Å². The van der Waals surface area contributed by atoms with Gasteiger partial charge in [-0.05, 0) is 18.8 Å². The Morgan fingerprint density at radius 2 is 1.95 bits per heavy atom. The van der Waals surface area contributed by atoms with Crippen LogP contribution in [0, 0.1) is 11.8 Å². The molecule has 1 amide bonds. The summed E-state index contributed by atoms with van der Waals surface area (Å²) in [4.78, 5) is 24.7. The van der Waals surface area contributed by atoms with Crippen LogP contribution in [-0.2, 0) is 4.79 Å². The Balaban J connectivity index is 1.89. The maximum absolute atomic E-state index is 12.5. The van der Waals surface area contributed by atoms with Crippen LogP contribution in [-0.4, -0.2) is 21.6 Å². The molecule has 114 valence electrons. The summed E-state index contributed by atoms with van der Waals surface area (Å²) in [6.45, 7) is 4.16. The molecule has 1 N–H and O–H groups in total. The van der Waals surface area contributed by atoms with Gasteiger partial charge in [-0.25, -0.2) is 0 Å². The summed E-state index contributed by atoms with van der Waals surface area (Å²) in [6.07, 6.45) is 1.40. The summed E-state index contributed by atoms with van der Waals surface area (Å²) >= 11 is 0. The second-order valence-electron chi connectivity index (χ2n) is 6.04. The number of fused-ring (bicyclic) bond motifs is 1. The Bertz CT molecular complexity index is 704. The highest BCUT2D eigenvalue weighted by Gasteiger charge is 2.35. The molecule has 1 aromatic carbocycles. The van der Waals surface area contributed by atoms with E-state index in [9.17, 15) is 9.59 Å². The number of amides is 1. The molecule has 0 saturated carbocycles. The van der Waals surface area contributed by atoms with E-state index >= 15 is 0 Å². The molecule has 22 heavy (non-hydrogen) atoms. The lowest BCUT2D eigenvalue weighted by Gasteiger charge is -2.22. The van der Waals surface area contributed by atoms with Gasteiger partial charge in [-0.15, -0.1) is 0 Å². The monoisotopic (exact) mass is 297 g/mol. The molecule has 5 nitrogen and oxygen atoms in total. The Hall–Kier alpha value is -2.43. The van der Waals surface area contributed by atoms with E-state index in [0.717, 1.165) is 12.0 Å². The molecular weight excluding hydrogens is 278 g/mol. The lowest BCUT2D eigenvalue weighted by atomic mass is 9.95. The van der Waals surface area contributed by atoms with Crippen molar-refractivity contribution in [3.8, 4) is 11.3 Å². The van der Waals surface area contributed by atoms with Crippen molar-refractivity contribution < 1.29 is 9.59 Å². The molecule has 0 fully saturated rings. The molecule has 0 unspecified atom stereocenters. The molecule has 2 aromatic rings. The zero-order valence-electron chi connectivity index (χ0n) is 12.7. The predicted octanol–water partition coefficient (Wildman–Crippen LogP) is 3.19. The average molecular weight is 297 g/mol. The van der Waals surface area contributed by atoms with E-state index < -0.39 is 5.92 Å². The number of nitrogens with zero attached hydrogens (tertiary/aromatic N) is 2. The first-order valence-corrected chi connectivity index (χ1v) is 7.57. The van der Waals surface area contributed by atoms with Crippen LogP contribution in [0.1, 0.15) is 31.5 Å². The van der Waals surface area contributed by atoms with Gasteiger partial charge in [0.2, 0.25) is 5.91 Å². The van der Waals surface area contributed by atoms with Gasteiger partial charge in [-0.3, -0.25) is 9.59 Å². The smallest absolute Gasteiger partial charge is 0.261 e. The van der Waals surface area contributed by atoms with Crippen LogP contribution in [0.3, 0.4) is 0 Å². The van der Waals surface area contributed by atoms with E-state index in [2.05, 4.69) is 24.3 Å². The molecule has 0 radical (unpaired) electrons. The van der Waals surface area contributed by atoms with E-state index in [4.69, 9.17) is 0 Å². The van der Waals surface area contributed by atoms with Crippen LogP contribution in [0.2, 0.25) is 0 Å². The summed E-state index contributed by atoms with van der Waals surface area (Å²) in [7, 11) is 0. The van der Waals surface area contributed by atoms with Crippen LogP contribution in [0.25, 0.3) is 11.3 Å². The second-order valence-corrected chi connectivity index (χ2v) is 6.04. The number of carbonyl (C=O) groups is 2. The maximum Gasteiger partial charge on any atom is 0.261 e. The SMILES string of the molecule is CC(C)CC[C@@H]1C(=O)Nc2cc(-c3ccccc3)nn2C1=O. The van der Waals surface area contributed by atoms with Crippen molar-refractivity contribution in [2.24, 2.45) is 11.8 Å². The van der Waals surface area contributed by atoms with Crippen molar-refractivity contribution in [2.45, 2.75) is 26.7 Å². The molecule has 5 heteroatoms. The molecule has 3 rings (SSSR count). The molecule has 1 atom stereocenters. The second kappa shape index (κ2) is 5.75. The van der Waals surface area contributed by atoms with Gasteiger partial charge in [0.15, 0.2) is 0 Å². The number of carbonyl (C=O) groups excluding carboxylic acids is 2. The molecule has 2 heterocycles. The number of rotatable bonds is 4. The lowest BCUT2D eigenvalue weighted by Crippen LogP contribution is -2.39. The van der Waals surface area contributed by atoms with Gasteiger partial charge in [-0.1, -0.05) is 44.2 Å². The Morgan fingerprint density at radius 1 is 1.23 bits per heavy atom. The highest BCUT2D eigenvalue weighted by Crippen LogP contribution is 2.27. The van der Waals surface area contributed by atoms with Crippen molar-refractivity contribution in [3.05, 3.63) is 36.4 Å². The molecule has 1 aliphatic heterocycles. The molecule has 0 bridgehead atoms. The highest BCUT2D eigenvalue weighted by atomic mass is 16.2. The fraction of sp³-hybridized carbons (Fsp3) is 0.353. The first-order chi connectivity index (χ1) is 10.6. The Labute approximate surface area is 129 Å². The minimum atomic E-state index is -0.640. The third-order valence-corrected chi connectivity index (χ3v) is 3.89. The van der Waals surface area contributed by atoms with Crippen LogP contribution in [0.4, 0.5) is 5.82 Å². The molecule has 0 saturated heterocycles. The van der Waals surface area contributed by atoms with E-state index in [-0.39, 0.29) is 11.8 Å². The number of nitrogens with one attached hydrogen (secondary N) is 1. The van der Waals surface area contributed by atoms with Crippen LogP contribution in [0.5, 0.6) is 0 Å². The van der Waals surface area contributed by atoms with Gasteiger partial charge in [-0.2, -0.15) is 9.78 Å². The fourth-order valence-electron chi connectivity index (χ4n) is 2.62. The highest BCUT2D eigenvalue weighted by molar-refractivity contribution is 6.11. The fourth-order valence-corrected chi connectivity index (χ4v) is 2.62. The summed E-state index contributed by atoms with van der Waals surface area (Å²) < 4.78 is 1.33. The van der Waals surface area contributed by atoms with Gasteiger partial charge in [0.25, 0.3) is 5.91 Å². The van der Waals surface area contributed by atoms with Gasteiger partial charge in [0.1, 0.15) is 11.7 Å². The van der Waals surface area contributed by atoms with Gasteiger partial charge < -0.3 is 5.32 Å². The average Bonchev–Trinajstić information content (AvgIpc) is 2.92. The number of anilines is 1. The Kier molecular flexibility index (Phi) is 3.79. The van der Waals surface area contributed by atoms with Crippen LogP contribution in [0.15, 0.2) is 36.4 Å². The third-order valence-electron chi connectivity index (χ3n) is 3.89. The topological polar surface area (TPSA) is 64.0 Å². The van der Waals surface area contributed by atoms with E-state index in [0.29, 0.717) is 23.9 Å². The third kappa shape index (κ3) is 2.66. The van der Waals surface area contributed by atoms with Crippen molar-refractivity contribution in [2.75, 3.05) is 5.32 Å². The van der Waals surface area contributed by atoms with Crippen molar-refractivity contribution in [1.82, 2.24) is 9.78 Å². The zero-order chi connectivity index (χ0) is 15.7. The van der Waals surface area contributed by atoms with E-state index in [1.165, 1.54) is 4.68 Å². The minimum Gasteiger partial charge on any atom is -0.310 e. The lowest BCUT2D eigenvalue weighted by molar-refractivity contribution is -0.119. The van der Waals surface area contributed by atoms with E-state index in [1.54, 1.807) is 6.07 Å². The van der Waals surface area contributed by atoms with Gasteiger partial charge >= 0.3 is 0 Å². The first kappa shape index (κ1) is 14.5. The van der Waals surface area contributed by atoms with Crippen LogP contribution < -0.4 is 5.32 Å². The quantitative estimate of drug-likeness (QED) is 0.881. The van der Waals surface area contributed by atoms with Crippen molar-refractivity contribution in [1.29, 1.82) is 0 Å². The molecule has 1 aromatic heterocycles. The maximum atomic E-state index is 12.5. The molecular formula is C17H19N3O2. The van der Waals surface area contributed by atoms with Crippen molar-refractivity contribution >= 4 is 17.6 Å². The largest absolute Gasteiger partial charge is 0.310 e. The van der Waals surface area contributed by atoms with E-state index in [1.807, 2.05) is 30.3 Å². The molecule has 0 spiro atoms. The standard InChI is InChI=1S/C17H19N3O2/c1-11(2)8-9-13-16(21)18-15-10-14(19-20(15)17(13)22)12-6-4-3-5-7-12/h3-7,10-11,13H,8-9H2,1-2H3,(H,18,21)/t13-/m1/s1. The number of benzene rings is 1. The van der Waals surface area contributed by atoms with Gasteiger partial charge in [0.05, 0.1) is 5.69 Å². The number of hydrogen-bond acceptors (Lipinski definition) is 3. The molecule has 1 aliphatic rings. The van der Waals surface area contributed by atoms with Crippen molar-refractivity contribution in [3.63, 3.8) is 0 Å². The van der Waals surface area contributed by atoms with Crippen LogP contribution >= 0.6 is 0 Å². The normalized spacial score (nSPS) is 17.5. The molecule has 0 aliphatic carbocycles. The minimum absolute atomic E-state index is 0.224. The first-order valence-electron chi connectivity index (χ1n) is 7.57. The number of hydrogen-bond donors (Lipinski definition) is 1.